The Bertz CT molecular complexity index is 862. The molecule has 2 aromatic carbocycles. The number of ether oxygens (including phenoxy) is 1. The molecule has 0 heterocycles. The average molecular weight is 365 g/mol. The Kier molecular flexibility index (Phi) is 5.64. The summed E-state index contributed by atoms with van der Waals surface area (Å²) in [7, 11) is 0. The Morgan fingerprint density at radius 3 is 2.26 bits per heavy atom. The van der Waals surface area contributed by atoms with Crippen LogP contribution in [0.15, 0.2) is 30.3 Å². The van der Waals surface area contributed by atoms with Crippen molar-refractivity contribution >= 4 is 17.6 Å². The zero-order valence-corrected chi connectivity index (χ0v) is 16.5. The minimum Gasteiger partial charge on any atom is -0.449 e. The van der Waals surface area contributed by atoms with Crippen molar-refractivity contribution < 1.29 is 14.3 Å². The van der Waals surface area contributed by atoms with Gasteiger partial charge < -0.3 is 10.1 Å². The van der Waals surface area contributed by atoms with Crippen LogP contribution >= 0.6 is 0 Å². The van der Waals surface area contributed by atoms with Gasteiger partial charge >= 0.3 is 5.97 Å². The van der Waals surface area contributed by atoms with Crippen LogP contribution in [0.2, 0.25) is 0 Å². The molecule has 0 saturated heterocycles. The first-order chi connectivity index (χ1) is 12.8. The predicted octanol–water partition coefficient (Wildman–Crippen LogP) is 4.67. The third-order valence-electron chi connectivity index (χ3n) is 5.16. The fraction of sp³-hybridized carbons (Fsp3) is 0.391. The summed E-state index contributed by atoms with van der Waals surface area (Å²) in [6.45, 7) is 7.54. The van der Waals surface area contributed by atoms with Crippen LogP contribution in [0, 0.1) is 20.8 Å². The molecule has 0 bridgehead atoms. The van der Waals surface area contributed by atoms with Crippen LogP contribution in [0.3, 0.4) is 0 Å². The molecule has 1 aliphatic carbocycles. The molecule has 1 amide bonds. The number of anilines is 1. The summed E-state index contributed by atoms with van der Waals surface area (Å²) in [5.41, 5.74) is 6.96. The van der Waals surface area contributed by atoms with Gasteiger partial charge in [0.15, 0.2) is 6.10 Å². The molecule has 1 N–H and O–H groups in total. The van der Waals surface area contributed by atoms with Gasteiger partial charge in [-0.15, -0.1) is 0 Å². The van der Waals surface area contributed by atoms with E-state index in [1.54, 1.807) is 13.0 Å². The van der Waals surface area contributed by atoms with Crippen LogP contribution in [0.5, 0.6) is 0 Å². The molecule has 2 aromatic rings. The Morgan fingerprint density at radius 2 is 1.59 bits per heavy atom. The largest absolute Gasteiger partial charge is 0.449 e. The normalized spacial score (nSPS) is 14.2. The van der Waals surface area contributed by atoms with Gasteiger partial charge in [0.05, 0.1) is 5.56 Å². The second-order valence-corrected chi connectivity index (χ2v) is 7.50. The highest BCUT2D eigenvalue weighted by Gasteiger charge is 2.21. The first-order valence-corrected chi connectivity index (χ1v) is 9.56. The third-order valence-corrected chi connectivity index (χ3v) is 5.16. The van der Waals surface area contributed by atoms with Crippen molar-refractivity contribution in [2.45, 2.75) is 59.5 Å². The number of benzene rings is 2. The average Bonchev–Trinajstić information content (AvgIpc) is 2.63. The van der Waals surface area contributed by atoms with Crippen LogP contribution in [-0.2, 0) is 22.4 Å². The molecule has 0 fully saturated rings. The Hall–Kier alpha value is -2.62. The van der Waals surface area contributed by atoms with E-state index in [-0.39, 0.29) is 5.91 Å². The highest BCUT2D eigenvalue weighted by atomic mass is 16.5. The van der Waals surface area contributed by atoms with Crippen molar-refractivity contribution in [1.82, 2.24) is 0 Å². The van der Waals surface area contributed by atoms with Crippen LogP contribution in [0.1, 0.15) is 57.9 Å². The zero-order valence-electron chi connectivity index (χ0n) is 16.5. The lowest BCUT2D eigenvalue weighted by atomic mass is 9.90. The van der Waals surface area contributed by atoms with Gasteiger partial charge in [0.25, 0.3) is 5.91 Å². The van der Waals surface area contributed by atoms with E-state index in [9.17, 15) is 9.59 Å². The van der Waals surface area contributed by atoms with E-state index in [1.165, 1.54) is 17.5 Å². The molecule has 0 aromatic heterocycles. The lowest BCUT2D eigenvalue weighted by molar-refractivity contribution is -0.123. The number of fused-ring (bicyclic) bond motifs is 1. The van der Waals surface area contributed by atoms with Crippen molar-refractivity contribution in [2.75, 3.05) is 5.32 Å². The van der Waals surface area contributed by atoms with Gasteiger partial charge in [0, 0.05) is 5.69 Å². The topological polar surface area (TPSA) is 55.4 Å². The van der Waals surface area contributed by atoms with Crippen LogP contribution in [0.4, 0.5) is 5.69 Å². The molecular formula is C23H27NO3. The molecule has 0 aliphatic heterocycles. The van der Waals surface area contributed by atoms with Crippen molar-refractivity contribution in [3.8, 4) is 0 Å². The maximum absolute atomic E-state index is 12.5. The zero-order chi connectivity index (χ0) is 19.6. The SMILES string of the molecule is Cc1cc(C)c(NC(=O)[C@@H](C)OC(=O)c2ccc3c(c2)CCCC3)c(C)c1. The first-order valence-electron chi connectivity index (χ1n) is 9.56. The molecule has 1 aliphatic rings. The Labute approximate surface area is 160 Å². The fourth-order valence-electron chi connectivity index (χ4n) is 3.74. The maximum Gasteiger partial charge on any atom is 0.338 e. The Balaban J connectivity index is 1.67. The lowest BCUT2D eigenvalue weighted by Gasteiger charge is -2.18. The standard InChI is InChI=1S/C23H27NO3/c1-14-11-15(2)21(16(3)12-14)24-22(25)17(4)27-23(26)20-10-9-18-7-5-6-8-19(18)13-20/h9-13,17H,5-8H2,1-4H3,(H,24,25)/t17-/m1/s1. The number of hydrogen-bond donors (Lipinski definition) is 1. The van der Waals surface area contributed by atoms with Gasteiger partial charge in [-0.2, -0.15) is 0 Å². The summed E-state index contributed by atoms with van der Waals surface area (Å²) in [5.74, 6) is -0.778. The lowest BCUT2D eigenvalue weighted by Crippen LogP contribution is -2.30. The van der Waals surface area contributed by atoms with E-state index in [2.05, 4.69) is 5.32 Å². The summed E-state index contributed by atoms with van der Waals surface area (Å²) >= 11 is 0. The van der Waals surface area contributed by atoms with Crippen LogP contribution in [0.25, 0.3) is 0 Å². The van der Waals surface area contributed by atoms with E-state index in [4.69, 9.17) is 4.74 Å². The van der Waals surface area contributed by atoms with Crippen molar-refractivity contribution in [3.63, 3.8) is 0 Å². The molecule has 3 rings (SSSR count). The van der Waals surface area contributed by atoms with E-state index in [0.29, 0.717) is 5.56 Å². The second kappa shape index (κ2) is 7.95. The third kappa shape index (κ3) is 4.38. The monoisotopic (exact) mass is 365 g/mol. The van der Waals surface area contributed by atoms with Crippen molar-refractivity contribution in [2.24, 2.45) is 0 Å². The molecule has 0 radical (unpaired) electrons. The Morgan fingerprint density at radius 1 is 0.963 bits per heavy atom. The van der Waals surface area contributed by atoms with Crippen molar-refractivity contribution in [3.05, 3.63) is 63.7 Å². The molecule has 4 nitrogen and oxygen atoms in total. The summed E-state index contributed by atoms with van der Waals surface area (Å²) in [5, 5.41) is 2.90. The number of hydrogen-bond acceptors (Lipinski definition) is 3. The molecule has 0 unspecified atom stereocenters. The second-order valence-electron chi connectivity index (χ2n) is 7.50. The molecule has 27 heavy (non-hydrogen) atoms. The molecule has 0 spiro atoms. The van der Waals surface area contributed by atoms with Gasteiger partial charge in [-0.25, -0.2) is 4.79 Å². The number of nitrogens with one attached hydrogen (secondary N) is 1. The quantitative estimate of drug-likeness (QED) is 0.801. The van der Waals surface area contributed by atoms with Crippen molar-refractivity contribution in [1.29, 1.82) is 0 Å². The number of esters is 1. The fourth-order valence-corrected chi connectivity index (χ4v) is 3.74. The van der Waals surface area contributed by atoms with E-state index >= 15 is 0 Å². The first kappa shape index (κ1) is 19.2. The predicted molar refractivity (Wildman–Crippen MR) is 107 cm³/mol. The minimum atomic E-state index is -0.867. The van der Waals surface area contributed by atoms with Crippen LogP contribution < -0.4 is 5.32 Å². The molecule has 0 saturated carbocycles. The number of rotatable bonds is 4. The van der Waals surface area contributed by atoms with Gasteiger partial charge in [0.2, 0.25) is 0 Å². The molecule has 1 atom stereocenters. The maximum atomic E-state index is 12.5. The summed E-state index contributed by atoms with van der Waals surface area (Å²) in [6.07, 6.45) is 3.55. The van der Waals surface area contributed by atoms with Gasteiger partial charge in [0.1, 0.15) is 0 Å². The van der Waals surface area contributed by atoms with Gasteiger partial charge in [-0.3, -0.25) is 4.79 Å². The van der Waals surface area contributed by atoms with Gasteiger partial charge in [-0.1, -0.05) is 23.8 Å². The molecule has 142 valence electrons. The summed E-state index contributed by atoms with van der Waals surface area (Å²) in [6, 6.07) is 9.76. The van der Waals surface area contributed by atoms with E-state index in [0.717, 1.165) is 41.6 Å². The minimum absolute atomic E-state index is 0.323. The number of aryl methyl sites for hydroxylation is 5. The number of amides is 1. The number of carbonyl (C=O) groups is 2. The highest BCUT2D eigenvalue weighted by Crippen LogP contribution is 2.24. The van der Waals surface area contributed by atoms with E-state index < -0.39 is 12.1 Å². The summed E-state index contributed by atoms with van der Waals surface area (Å²) < 4.78 is 5.41. The number of carbonyl (C=O) groups excluding carboxylic acids is 2. The van der Waals surface area contributed by atoms with Crippen LogP contribution in [-0.4, -0.2) is 18.0 Å². The smallest absolute Gasteiger partial charge is 0.338 e. The van der Waals surface area contributed by atoms with E-state index in [1.807, 2.05) is 45.0 Å². The molecule has 4 heteroatoms. The highest BCUT2D eigenvalue weighted by molar-refractivity contribution is 5.98. The summed E-state index contributed by atoms with van der Waals surface area (Å²) in [4.78, 5) is 25.0. The van der Waals surface area contributed by atoms with Gasteiger partial charge in [-0.05, 0) is 87.8 Å². The molecular weight excluding hydrogens is 338 g/mol.